The maximum absolute atomic E-state index is 12.9. The molecule has 10 heteroatoms. The molecule has 0 saturated carbocycles. The van der Waals surface area contributed by atoms with Crippen molar-refractivity contribution in [1.29, 1.82) is 0 Å². The second-order valence-electron chi connectivity index (χ2n) is 4.82. The number of alkyl halides is 3. The topological polar surface area (TPSA) is 96.2 Å². The number of rotatable bonds is 5. The van der Waals surface area contributed by atoms with Crippen LogP contribution in [0, 0.1) is 10.1 Å². The fourth-order valence-electron chi connectivity index (χ4n) is 2.22. The van der Waals surface area contributed by atoms with Gasteiger partial charge in [0.15, 0.2) is 0 Å². The molecule has 0 aliphatic heterocycles. The van der Waals surface area contributed by atoms with Gasteiger partial charge in [0.25, 0.3) is 5.69 Å². The smallest absolute Gasteiger partial charge is 0.387 e. The Labute approximate surface area is 130 Å². The van der Waals surface area contributed by atoms with Crippen LogP contribution < -0.4 is 0 Å². The number of fused-ring (bicyclic) bond motifs is 1. The number of aliphatic hydroxyl groups excluding tert-OH is 1. The molecule has 2 N–H and O–H groups in total. The molecule has 2 aromatic rings. The Bertz CT molecular complexity index is 772. The zero-order valence-corrected chi connectivity index (χ0v) is 12.7. The lowest BCUT2D eigenvalue weighted by Crippen LogP contribution is -2.11. The van der Waals surface area contributed by atoms with Gasteiger partial charge < -0.3 is 10.1 Å². The molecule has 0 radical (unpaired) electrons. The molecule has 0 spiro atoms. The summed E-state index contributed by atoms with van der Waals surface area (Å²) in [4.78, 5) is 12.4. The number of nitro benzene ring substituents is 1. The Morgan fingerprint density at radius 3 is 2.61 bits per heavy atom. The summed E-state index contributed by atoms with van der Waals surface area (Å²) in [5.74, 6) is 0.218. The number of nitro groups is 1. The number of aliphatic hydroxyl groups is 1. The molecule has 2 unspecified atom stereocenters. The number of nitrogens with one attached hydrogen (secondary N) is 1. The lowest BCUT2D eigenvalue weighted by atomic mass is 10.0. The molecule has 126 valence electrons. The van der Waals surface area contributed by atoms with Crippen molar-refractivity contribution in [3.05, 3.63) is 39.6 Å². The van der Waals surface area contributed by atoms with E-state index in [2.05, 4.69) is 4.98 Å². The van der Waals surface area contributed by atoms with Crippen LogP contribution in [0.5, 0.6) is 0 Å². The maximum atomic E-state index is 12.9. The van der Waals surface area contributed by atoms with Crippen LogP contribution in [-0.4, -0.2) is 30.7 Å². The molecule has 0 aliphatic rings. The second kappa shape index (κ2) is 6.28. The van der Waals surface area contributed by atoms with Crippen molar-refractivity contribution in [2.24, 2.45) is 0 Å². The van der Waals surface area contributed by atoms with E-state index in [9.17, 15) is 32.6 Å². The fourth-order valence-corrected chi connectivity index (χ4v) is 2.98. The Kier molecular flexibility index (Phi) is 4.76. The highest BCUT2D eigenvalue weighted by Gasteiger charge is 2.39. The lowest BCUT2D eigenvalue weighted by Gasteiger charge is -2.10. The van der Waals surface area contributed by atoms with Crippen molar-refractivity contribution < 1.29 is 27.4 Å². The van der Waals surface area contributed by atoms with Crippen LogP contribution in [0.2, 0.25) is 0 Å². The lowest BCUT2D eigenvalue weighted by molar-refractivity contribution is -0.387. The van der Waals surface area contributed by atoms with E-state index in [0.717, 1.165) is 6.07 Å². The van der Waals surface area contributed by atoms with Crippen LogP contribution in [0.4, 0.5) is 18.9 Å². The highest BCUT2D eigenvalue weighted by atomic mass is 32.2. The van der Waals surface area contributed by atoms with Gasteiger partial charge >= 0.3 is 6.18 Å². The number of aromatic nitrogens is 1. The van der Waals surface area contributed by atoms with Crippen LogP contribution in [0.25, 0.3) is 10.9 Å². The third kappa shape index (κ3) is 3.53. The zero-order chi connectivity index (χ0) is 17.4. The van der Waals surface area contributed by atoms with Crippen molar-refractivity contribution in [2.75, 3.05) is 11.5 Å². The molecular formula is C13H13F3N2O4S. The summed E-state index contributed by atoms with van der Waals surface area (Å²) in [6.45, 7) is 1.67. The summed E-state index contributed by atoms with van der Waals surface area (Å²) in [6, 6.07) is 1.42. The molecule has 1 aromatic heterocycles. The van der Waals surface area contributed by atoms with Gasteiger partial charge in [0.1, 0.15) is 5.56 Å². The Balaban J connectivity index is 2.58. The molecule has 2 rings (SSSR count). The van der Waals surface area contributed by atoms with E-state index in [1.165, 1.54) is 6.20 Å². The Morgan fingerprint density at radius 2 is 2.09 bits per heavy atom. The largest absolute Gasteiger partial charge is 0.423 e. The third-order valence-corrected chi connectivity index (χ3v) is 4.69. The normalized spacial score (nSPS) is 14.8. The SMILES string of the molecule is CCS(=O)CC(O)c1c[nH]c2cc(C(F)(F)F)c([N+](=O)[O-])cc12. The van der Waals surface area contributed by atoms with Crippen molar-refractivity contribution >= 4 is 27.4 Å². The molecular weight excluding hydrogens is 337 g/mol. The first-order valence-corrected chi connectivity index (χ1v) is 8.03. The van der Waals surface area contributed by atoms with E-state index in [4.69, 9.17) is 0 Å². The number of nitrogens with zero attached hydrogens (tertiary/aromatic N) is 1. The monoisotopic (exact) mass is 350 g/mol. The first-order valence-electron chi connectivity index (χ1n) is 6.54. The molecule has 6 nitrogen and oxygen atoms in total. The van der Waals surface area contributed by atoms with Crippen molar-refractivity contribution in [3.63, 3.8) is 0 Å². The predicted molar refractivity (Wildman–Crippen MR) is 78.5 cm³/mol. The van der Waals surface area contributed by atoms with Crippen LogP contribution >= 0.6 is 0 Å². The number of H-pyrrole nitrogens is 1. The number of aromatic amines is 1. The molecule has 1 heterocycles. The second-order valence-corrected chi connectivity index (χ2v) is 6.62. The quantitative estimate of drug-likeness (QED) is 0.640. The number of hydrogen-bond donors (Lipinski definition) is 2. The van der Waals surface area contributed by atoms with Crippen LogP contribution in [0.1, 0.15) is 24.2 Å². The summed E-state index contributed by atoms with van der Waals surface area (Å²) in [7, 11) is -1.29. The van der Waals surface area contributed by atoms with Crippen LogP contribution in [-0.2, 0) is 17.0 Å². The van der Waals surface area contributed by atoms with Gasteiger partial charge in [-0.3, -0.25) is 14.3 Å². The zero-order valence-electron chi connectivity index (χ0n) is 11.9. The van der Waals surface area contributed by atoms with E-state index in [0.29, 0.717) is 11.8 Å². The van der Waals surface area contributed by atoms with Gasteiger partial charge in [-0.25, -0.2) is 0 Å². The fraction of sp³-hybridized carbons (Fsp3) is 0.385. The van der Waals surface area contributed by atoms with E-state index < -0.39 is 39.3 Å². The number of hydrogen-bond acceptors (Lipinski definition) is 4. The van der Waals surface area contributed by atoms with E-state index in [1.807, 2.05) is 0 Å². The van der Waals surface area contributed by atoms with Gasteiger partial charge in [0, 0.05) is 45.3 Å². The minimum Gasteiger partial charge on any atom is -0.387 e. The van der Waals surface area contributed by atoms with Gasteiger partial charge in [-0.2, -0.15) is 13.2 Å². The first kappa shape index (κ1) is 17.4. The molecule has 0 fully saturated rings. The minimum atomic E-state index is -4.87. The number of benzene rings is 1. The van der Waals surface area contributed by atoms with E-state index in [1.54, 1.807) is 6.92 Å². The standard InChI is InChI=1S/C13H13F3N2O4S/c1-2-23(22)6-12(19)8-5-17-10-4-9(13(14,15)16)11(18(20)21)3-7(8)10/h3-5,12,17,19H,2,6H2,1H3. The molecule has 0 saturated heterocycles. The third-order valence-electron chi connectivity index (χ3n) is 3.36. The van der Waals surface area contributed by atoms with Crippen LogP contribution in [0.3, 0.4) is 0 Å². The predicted octanol–water partition coefficient (Wildman–Crippen LogP) is 2.90. The van der Waals surface area contributed by atoms with Gasteiger partial charge in [0.05, 0.1) is 16.8 Å². The summed E-state index contributed by atoms with van der Waals surface area (Å²) < 4.78 is 50.2. The summed E-state index contributed by atoms with van der Waals surface area (Å²) in [5.41, 5.74) is -2.26. The summed E-state index contributed by atoms with van der Waals surface area (Å²) >= 11 is 0. The van der Waals surface area contributed by atoms with Crippen molar-refractivity contribution in [1.82, 2.24) is 4.98 Å². The van der Waals surface area contributed by atoms with E-state index in [-0.39, 0.29) is 22.2 Å². The average molecular weight is 350 g/mol. The first-order chi connectivity index (χ1) is 10.6. The molecule has 0 amide bonds. The molecule has 23 heavy (non-hydrogen) atoms. The number of halogens is 3. The van der Waals surface area contributed by atoms with Gasteiger partial charge in [-0.05, 0) is 6.07 Å². The summed E-state index contributed by atoms with van der Waals surface area (Å²) in [5, 5.41) is 21.1. The van der Waals surface area contributed by atoms with Crippen molar-refractivity contribution in [3.8, 4) is 0 Å². The Morgan fingerprint density at radius 1 is 1.43 bits per heavy atom. The van der Waals surface area contributed by atoms with Gasteiger partial charge in [-0.1, -0.05) is 6.92 Å². The molecule has 0 bridgehead atoms. The van der Waals surface area contributed by atoms with Gasteiger partial charge in [0.2, 0.25) is 0 Å². The van der Waals surface area contributed by atoms with Crippen LogP contribution in [0.15, 0.2) is 18.3 Å². The minimum absolute atomic E-state index is 0.0132. The summed E-state index contributed by atoms with van der Waals surface area (Å²) in [6.07, 6.45) is -4.79. The molecule has 1 aromatic carbocycles. The van der Waals surface area contributed by atoms with E-state index >= 15 is 0 Å². The molecule has 0 aliphatic carbocycles. The maximum Gasteiger partial charge on any atom is 0.423 e. The van der Waals surface area contributed by atoms with Gasteiger partial charge in [-0.15, -0.1) is 0 Å². The average Bonchev–Trinajstić information content (AvgIpc) is 2.87. The highest BCUT2D eigenvalue weighted by Crippen LogP contribution is 2.39. The Hall–Kier alpha value is -1.94. The molecule has 2 atom stereocenters. The highest BCUT2D eigenvalue weighted by molar-refractivity contribution is 7.84. The van der Waals surface area contributed by atoms with Crippen molar-refractivity contribution in [2.45, 2.75) is 19.2 Å².